The van der Waals surface area contributed by atoms with Crippen LogP contribution in [0, 0.1) is 0 Å². The van der Waals surface area contributed by atoms with Crippen LogP contribution in [0.2, 0.25) is 0 Å². The lowest BCUT2D eigenvalue weighted by atomic mass is 10.1. The first-order valence-electron chi connectivity index (χ1n) is 6.09. The second kappa shape index (κ2) is 6.11. The van der Waals surface area contributed by atoms with Crippen molar-refractivity contribution in [2.24, 2.45) is 0 Å². The molecule has 0 saturated carbocycles. The molecule has 102 valence electrons. The molecular formula is C14H17BrN2OS. The van der Waals surface area contributed by atoms with Gasteiger partial charge in [0.1, 0.15) is 6.10 Å². The third-order valence-electron chi connectivity index (χ3n) is 2.97. The second-order valence-corrected chi connectivity index (χ2v) is 6.33. The molecule has 2 rings (SSSR count). The Bertz CT molecular complexity index is 551. The number of hydrogen-bond donors (Lipinski definition) is 1. The summed E-state index contributed by atoms with van der Waals surface area (Å²) < 4.78 is 2.68. The van der Waals surface area contributed by atoms with Crippen LogP contribution in [0.4, 0.5) is 0 Å². The van der Waals surface area contributed by atoms with Crippen LogP contribution in [0.15, 0.2) is 39.8 Å². The van der Waals surface area contributed by atoms with E-state index < -0.39 is 6.10 Å². The number of aromatic nitrogens is 2. The van der Waals surface area contributed by atoms with E-state index in [9.17, 15) is 5.11 Å². The fourth-order valence-corrected chi connectivity index (χ4v) is 2.86. The fourth-order valence-electron chi connectivity index (χ4n) is 1.96. The molecule has 0 radical (unpaired) electrons. The lowest BCUT2D eigenvalue weighted by Crippen LogP contribution is -2.12. The van der Waals surface area contributed by atoms with Crippen molar-refractivity contribution >= 4 is 27.7 Å². The third kappa shape index (κ3) is 3.04. The van der Waals surface area contributed by atoms with E-state index in [-0.39, 0.29) is 6.04 Å². The fraction of sp³-hybridized carbons (Fsp3) is 0.357. The van der Waals surface area contributed by atoms with Gasteiger partial charge in [-0.05, 0) is 53.7 Å². The number of aliphatic hydroxyl groups is 1. The van der Waals surface area contributed by atoms with E-state index in [1.165, 1.54) is 4.90 Å². The van der Waals surface area contributed by atoms with Crippen LogP contribution in [0.1, 0.15) is 37.3 Å². The summed E-state index contributed by atoms with van der Waals surface area (Å²) in [6.45, 7) is 4.10. The summed E-state index contributed by atoms with van der Waals surface area (Å²) >= 11 is 5.15. The maximum atomic E-state index is 10.6. The molecule has 1 N–H and O–H groups in total. The Morgan fingerprint density at radius 1 is 1.26 bits per heavy atom. The summed E-state index contributed by atoms with van der Waals surface area (Å²) in [6.07, 6.45) is 3.10. The zero-order valence-corrected chi connectivity index (χ0v) is 13.6. The maximum Gasteiger partial charge on any atom is 0.122 e. The van der Waals surface area contributed by atoms with E-state index >= 15 is 0 Å². The molecular weight excluding hydrogens is 324 g/mol. The molecule has 0 aliphatic heterocycles. The van der Waals surface area contributed by atoms with E-state index in [0.717, 1.165) is 15.7 Å². The molecule has 3 nitrogen and oxygen atoms in total. The van der Waals surface area contributed by atoms with Crippen LogP contribution >= 0.6 is 27.7 Å². The van der Waals surface area contributed by atoms with Gasteiger partial charge in [-0.15, -0.1) is 11.8 Å². The topological polar surface area (TPSA) is 38.1 Å². The van der Waals surface area contributed by atoms with E-state index in [2.05, 4.69) is 21.0 Å². The van der Waals surface area contributed by atoms with Gasteiger partial charge in [0.05, 0.1) is 16.4 Å². The lowest BCUT2D eigenvalue weighted by Gasteiger charge is -2.17. The summed E-state index contributed by atoms with van der Waals surface area (Å²) in [6, 6.07) is 8.17. The van der Waals surface area contributed by atoms with Gasteiger partial charge in [0.2, 0.25) is 0 Å². The lowest BCUT2D eigenvalue weighted by molar-refractivity contribution is 0.204. The van der Waals surface area contributed by atoms with Crippen molar-refractivity contribution in [2.75, 3.05) is 6.26 Å². The zero-order valence-electron chi connectivity index (χ0n) is 11.2. The number of nitrogens with zero attached hydrogens (tertiary/aromatic N) is 2. The van der Waals surface area contributed by atoms with Gasteiger partial charge in [-0.25, -0.2) is 0 Å². The highest BCUT2D eigenvalue weighted by Crippen LogP contribution is 2.31. The van der Waals surface area contributed by atoms with Crippen LogP contribution < -0.4 is 0 Å². The highest BCUT2D eigenvalue weighted by molar-refractivity contribution is 9.10. The Morgan fingerprint density at radius 3 is 2.42 bits per heavy atom. The van der Waals surface area contributed by atoms with Crippen LogP contribution in [0.25, 0.3) is 0 Å². The first-order valence-corrected chi connectivity index (χ1v) is 8.11. The van der Waals surface area contributed by atoms with Gasteiger partial charge < -0.3 is 5.11 Å². The van der Waals surface area contributed by atoms with Crippen LogP contribution in [0.3, 0.4) is 0 Å². The van der Waals surface area contributed by atoms with E-state index in [1.54, 1.807) is 18.0 Å². The van der Waals surface area contributed by atoms with Gasteiger partial charge in [0.25, 0.3) is 0 Å². The van der Waals surface area contributed by atoms with Gasteiger partial charge in [0, 0.05) is 10.9 Å². The molecule has 1 aromatic carbocycles. The highest BCUT2D eigenvalue weighted by Gasteiger charge is 2.20. The molecule has 0 aliphatic rings. The minimum atomic E-state index is -0.671. The minimum absolute atomic E-state index is 0.210. The summed E-state index contributed by atoms with van der Waals surface area (Å²) in [4.78, 5) is 1.19. The second-order valence-electron chi connectivity index (χ2n) is 4.59. The van der Waals surface area contributed by atoms with Crippen molar-refractivity contribution in [2.45, 2.75) is 30.9 Å². The normalized spacial score (nSPS) is 12.9. The van der Waals surface area contributed by atoms with Crippen LogP contribution in [-0.2, 0) is 0 Å². The van der Waals surface area contributed by atoms with E-state index in [1.807, 2.05) is 49.1 Å². The van der Waals surface area contributed by atoms with Crippen molar-refractivity contribution < 1.29 is 5.11 Å². The highest BCUT2D eigenvalue weighted by atomic mass is 79.9. The summed E-state index contributed by atoms with van der Waals surface area (Å²) in [5.41, 5.74) is 1.67. The first kappa shape index (κ1) is 14.6. The molecule has 1 unspecified atom stereocenters. The van der Waals surface area contributed by atoms with Crippen molar-refractivity contribution in [3.05, 3.63) is 46.2 Å². The number of halogens is 1. The molecule has 0 fully saturated rings. The monoisotopic (exact) mass is 340 g/mol. The molecule has 19 heavy (non-hydrogen) atoms. The SMILES string of the molecule is CSc1ccc(C(O)c2c(Br)cnn2C(C)C)cc1. The Balaban J connectivity index is 2.37. The maximum absolute atomic E-state index is 10.6. The number of rotatable bonds is 4. The van der Waals surface area contributed by atoms with E-state index in [0.29, 0.717) is 0 Å². The molecule has 0 bridgehead atoms. The average Bonchev–Trinajstić information content (AvgIpc) is 2.80. The van der Waals surface area contributed by atoms with Gasteiger partial charge in [-0.2, -0.15) is 5.10 Å². The largest absolute Gasteiger partial charge is 0.382 e. The molecule has 1 aromatic heterocycles. The van der Waals surface area contributed by atoms with Crippen molar-refractivity contribution in [3.8, 4) is 0 Å². The molecule has 1 heterocycles. The Hall–Kier alpha value is -0.780. The minimum Gasteiger partial charge on any atom is -0.382 e. The molecule has 0 aliphatic carbocycles. The van der Waals surface area contributed by atoms with Crippen molar-refractivity contribution in [3.63, 3.8) is 0 Å². The summed E-state index contributed by atoms with van der Waals surface area (Å²) in [5.74, 6) is 0. The Kier molecular flexibility index (Phi) is 4.71. The number of aliphatic hydroxyl groups excluding tert-OH is 1. The standard InChI is InChI=1S/C14H17BrN2OS/c1-9(2)17-13(12(15)8-16-17)14(18)10-4-6-11(19-3)7-5-10/h4-9,14,18H,1-3H3. The predicted molar refractivity (Wildman–Crippen MR) is 82.6 cm³/mol. The van der Waals surface area contributed by atoms with Crippen molar-refractivity contribution in [1.82, 2.24) is 9.78 Å². The molecule has 1 atom stereocenters. The van der Waals surface area contributed by atoms with Gasteiger partial charge >= 0.3 is 0 Å². The molecule has 5 heteroatoms. The zero-order chi connectivity index (χ0) is 14.0. The number of hydrogen-bond acceptors (Lipinski definition) is 3. The number of thioether (sulfide) groups is 1. The van der Waals surface area contributed by atoms with Crippen LogP contribution in [0.5, 0.6) is 0 Å². The molecule has 0 saturated heterocycles. The van der Waals surface area contributed by atoms with Gasteiger partial charge in [-0.1, -0.05) is 12.1 Å². The predicted octanol–water partition coefficient (Wildman–Crippen LogP) is 4.03. The van der Waals surface area contributed by atoms with Crippen LogP contribution in [-0.4, -0.2) is 21.1 Å². The quantitative estimate of drug-likeness (QED) is 0.854. The first-order chi connectivity index (χ1) is 9.04. The summed E-state index contributed by atoms with van der Waals surface area (Å²) in [5, 5.41) is 14.9. The summed E-state index contributed by atoms with van der Waals surface area (Å²) in [7, 11) is 0. The molecule has 0 spiro atoms. The van der Waals surface area contributed by atoms with E-state index in [4.69, 9.17) is 0 Å². The Labute approximate surface area is 126 Å². The van der Waals surface area contributed by atoms with Gasteiger partial charge in [-0.3, -0.25) is 4.68 Å². The number of benzene rings is 1. The average molecular weight is 341 g/mol. The smallest absolute Gasteiger partial charge is 0.122 e. The molecule has 0 amide bonds. The molecule has 2 aromatic rings. The van der Waals surface area contributed by atoms with Gasteiger partial charge in [0.15, 0.2) is 0 Å². The van der Waals surface area contributed by atoms with Crippen molar-refractivity contribution in [1.29, 1.82) is 0 Å². The third-order valence-corrected chi connectivity index (χ3v) is 4.32. The Morgan fingerprint density at radius 2 is 1.89 bits per heavy atom.